The van der Waals surface area contributed by atoms with Crippen LogP contribution in [0.15, 0.2) is 85.5 Å². The topological polar surface area (TPSA) is 139 Å². The SMILES string of the molecule is CCOC(=O)[C@H](C)Oc1c(Br)cc(C=Nn2c(-c3cc4ccccc4o3)nc3ccccc3c2=O)cc1[N+](=O)[O-]. The molecule has 0 N–H and O–H groups in total. The van der Waals surface area contributed by atoms with Crippen LogP contribution in [-0.4, -0.2) is 39.5 Å². The molecule has 11 nitrogen and oxygen atoms in total. The maximum Gasteiger partial charge on any atom is 0.347 e. The van der Waals surface area contributed by atoms with Crippen LogP contribution in [0.25, 0.3) is 33.5 Å². The van der Waals surface area contributed by atoms with Crippen molar-refractivity contribution in [3.05, 3.63) is 97.2 Å². The Morgan fingerprint density at radius 2 is 1.95 bits per heavy atom. The van der Waals surface area contributed by atoms with E-state index < -0.39 is 28.2 Å². The first kappa shape index (κ1) is 26.8. The molecule has 202 valence electrons. The minimum atomic E-state index is -1.08. The molecule has 0 fully saturated rings. The van der Waals surface area contributed by atoms with Crippen LogP contribution >= 0.6 is 15.9 Å². The molecule has 0 aliphatic heterocycles. The summed E-state index contributed by atoms with van der Waals surface area (Å²) < 4.78 is 17.7. The number of fused-ring (bicyclic) bond motifs is 2. The average Bonchev–Trinajstić information content (AvgIpc) is 3.38. The predicted molar refractivity (Wildman–Crippen MR) is 152 cm³/mol. The molecule has 2 aromatic heterocycles. The minimum Gasteiger partial charge on any atom is -0.471 e. The van der Waals surface area contributed by atoms with Crippen LogP contribution in [0.5, 0.6) is 5.75 Å². The molecule has 5 aromatic rings. The molecule has 40 heavy (non-hydrogen) atoms. The third-order valence-electron chi connectivity index (χ3n) is 5.88. The number of halogens is 1. The summed E-state index contributed by atoms with van der Waals surface area (Å²) in [6.45, 7) is 3.22. The van der Waals surface area contributed by atoms with E-state index in [1.807, 2.05) is 18.2 Å². The van der Waals surface area contributed by atoms with Crippen molar-refractivity contribution in [2.24, 2.45) is 5.10 Å². The largest absolute Gasteiger partial charge is 0.471 e. The summed E-state index contributed by atoms with van der Waals surface area (Å²) in [5, 5.41) is 17.4. The van der Waals surface area contributed by atoms with Crippen LogP contribution in [0.2, 0.25) is 0 Å². The number of esters is 1. The normalized spacial score (nSPS) is 12.2. The van der Waals surface area contributed by atoms with E-state index in [1.165, 1.54) is 25.3 Å². The van der Waals surface area contributed by atoms with Gasteiger partial charge < -0.3 is 13.9 Å². The van der Waals surface area contributed by atoms with Gasteiger partial charge in [-0.3, -0.25) is 14.9 Å². The fourth-order valence-electron chi connectivity index (χ4n) is 4.02. The Morgan fingerprint density at radius 3 is 2.70 bits per heavy atom. The molecule has 5 rings (SSSR count). The molecular weight excluding hydrogens is 584 g/mol. The van der Waals surface area contributed by atoms with Crippen LogP contribution in [0.3, 0.4) is 0 Å². The van der Waals surface area contributed by atoms with Crippen molar-refractivity contribution in [3.63, 3.8) is 0 Å². The van der Waals surface area contributed by atoms with Crippen LogP contribution in [0, 0.1) is 10.1 Å². The van der Waals surface area contributed by atoms with E-state index in [-0.39, 0.29) is 28.2 Å². The third-order valence-corrected chi connectivity index (χ3v) is 6.47. The maximum atomic E-state index is 13.5. The fraction of sp³-hybridized carbons (Fsp3) is 0.143. The Morgan fingerprint density at radius 1 is 1.20 bits per heavy atom. The quantitative estimate of drug-likeness (QED) is 0.0951. The number of hydrogen-bond acceptors (Lipinski definition) is 9. The molecule has 0 saturated carbocycles. The molecule has 0 saturated heterocycles. The fourth-order valence-corrected chi connectivity index (χ4v) is 4.58. The molecule has 12 heteroatoms. The van der Waals surface area contributed by atoms with Gasteiger partial charge in [0.15, 0.2) is 11.9 Å². The highest BCUT2D eigenvalue weighted by atomic mass is 79.9. The highest BCUT2D eigenvalue weighted by Gasteiger charge is 2.25. The summed E-state index contributed by atoms with van der Waals surface area (Å²) in [7, 11) is 0. The van der Waals surface area contributed by atoms with Crippen molar-refractivity contribution in [3.8, 4) is 17.3 Å². The lowest BCUT2D eigenvalue weighted by molar-refractivity contribution is -0.386. The van der Waals surface area contributed by atoms with E-state index >= 15 is 0 Å². The summed E-state index contributed by atoms with van der Waals surface area (Å²) in [5.41, 5.74) is 0.500. The van der Waals surface area contributed by atoms with Crippen molar-refractivity contribution in [1.82, 2.24) is 9.66 Å². The molecule has 0 radical (unpaired) electrons. The lowest BCUT2D eigenvalue weighted by atomic mass is 10.2. The van der Waals surface area contributed by atoms with Crippen molar-refractivity contribution >= 4 is 55.7 Å². The molecular formula is C28H21BrN4O7. The van der Waals surface area contributed by atoms with Crippen molar-refractivity contribution in [2.75, 3.05) is 6.61 Å². The number of ether oxygens (including phenoxy) is 2. The number of carbonyl (C=O) groups excluding carboxylic acids is 1. The predicted octanol–water partition coefficient (Wildman–Crippen LogP) is 5.69. The van der Waals surface area contributed by atoms with Crippen molar-refractivity contribution in [1.29, 1.82) is 0 Å². The zero-order valence-corrected chi connectivity index (χ0v) is 22.8. The number of carbonyl (C=O) groups is 1. The molecule has 0 aliphatic rings. The zero-order valence-electron chi connectivity index (χ0n) is 21.2. The van der Waals surface area contributed by atoms with Gasteiger partial charge in [-0.25, -0.2) is 9.78 Å². The van der Waals surface area contributed by atoms with E-state index in [0.717, 1.165) is 10.1 Å². The first-order valence-corrected chi connectivity index (χ1v) is 12.9. The van der Waals surface area contributed by atoms with Crippen molar-refractivity contribution < 1.29 is 23.6 Å². The number of benzene rings is 3. The van der Waals surface area contributed by atoms with E-state index in [4.69, 9.17) is 13.9 Å². The molecule has 1 atom stereocenters. The smallest absolute Gasteiger partial charge is 0.347 e. The summed E-state index contributed by atoms with van der Waals surface area (Å²) in [6.07, 6.45) is 0.212. The standard InChI is InChI=1S/C28H21BrN4O7/c1-3-38-28(35)16(2)39-25-20(29)12-17(13-22(25)33(36)37)15-30-32-26(24-14-18-8-4-7-11-23(18)40-24)31-21-10-6-5-9-19(21)27(32)34/h4-16H,3H2,1-2H3/t16-/m0/s1. The van der Waals surface area contributed by atoms with Crippen LogP contribution < -0.4 is 10.3 Å². The van der Waals surface area contributed by atoms with Gasteiger partial charge in [0, 0.05) is 17.0 Å². The van der Waals surface area contributed by atoms with Gasteiger partial charge in [-0.2, -0.15) is 9.78 Å². The molecule has 0 bridgehead atoms. The summed E-state index contributed by atoms with van der Waals surface area (Å²) in [5.74, 6) is -0.316. The number of aromatic nitrogens is 2. The van der Waals surface area contributed by atoms with Gasteiger partial charge >= 0.3 is 11.7 Å². The average molecular weight is 605 g/mol. The molecule has 0 spiro atoms. The highest BCUT2D eigenvalue weighted by Crippen LogP contribution is 2.37. The van der Waals surface area contributed by atoms with Gasteiger partial charge in [-0.1, -0.05) is 30.3 Å². The lowest BCUT2D eigenvalue weighted by Gasteiger charge is -2.15. The number of furan rings is 1. The lowest BCUT2D eigenvalue weighted by Crippen LogP contribution is -2.26. The van der Waals surface area contributed by atoms with Crippen LogP contribution in [-0.2, 0) is 9.53 Å². The second kappa shape index (κ2) is 11.1. The monoisotopic (exact) mass is 604 g/mol. The number of nitrogens with zero attached hydrogens (tertiary/aromatic N) is 4. The van der Waals surface area contributed by atoms with E-state index in [9.17, 15) is 19.7 Å². The zero-order chi connectivity index (χ0) is 28.4. The van der Waals surface area contributed by atoms with Crippen LogP contribution in [0.4, 0.5) is 5.69 Å². The first-order chi connectivity index (χ1) is 19.3. The molecule has 0 amide bonds. The Hall–Kier alpha value is -4.84. The minimum absolute atomic E-state index is 0.143. The van der Waals surface area contributed by atoms with Crippen LogP contribution in [0.1, 0.15) is 19.4 Å². The summed E-state index contributed by atoms with van der Waals surface area (Å²) in [6, 6.07) is 18.7. The third kappa shape index (κ3) is 5.21. The van der Waals surface area contributed by atoms with E-state index in [0.29, 0.717) is 22.2 Å². The Labute approximate surface area is 234 Å². The summed E-state index contributed by atoms with van der Waals surface area (Å²) >= 11 is 3.29. The number of hydrogen-bond donors (Lipinski definition) is 0. The van der Waals surface area contributed by atoms with Gasteiger partial charge in [0.1, 0.15) is 5.58 Å². The first-order valence-electron chi connectivity index (χ1n) is 12.1. The number of rotatable bonds is 8. The molecule has 0 aliphatic carbocycles. The van der Waals surface area contributed by atoms with Crippen molar-refractivity contribution in [2.45, 2.75) is 20.0 Å². The summed E-state index contributed by atoms with van der Waals surface area (Å²) in [4.78, 5) is 41.3. The number of para-hydroxylation sites is 2. The van der Waals surface area contributed by atoms with Gasteiger partial charge in [0.25, 0.3) is 5.56 Å². The molecule has 0 unspecified atom stereocenters. The maximum absolute atomic E-state index is 13.5. The van der Waals surface area contributed by atoms with Gasteiger partial charge in [0.2, 0.25) is 11.6 Å². The van der Waals surface area contributed by atoms with E-state index in [2.05, 4.69) is 26.0 Å². The molecule has 3 aromatic carbocycles. The van der Waals surface area contributed by atoms with Gasteiger partial charge in [0.05, 0.1) is 33.1 Å². The Balaban J connectivity index is 1.60. The number of nitro groups is 1. The van der Waals surface area contributed by atoms with Gasteiger partial charge in [-0.15, -0.1) is 0 Å². The molecule has 2 heterocycles. The Bertz CT molecular complexity index is 1830. The van der Waals surface area contributed by atoms with E-state index in [1.54, 1.807) is 43.3 Å². The number of nitro benzene ring substituents is 1. The van der Waals surface area contributed by atoms with Gasteiger partial charge in [-0.05, 0) is 60.1 Å². The second-order valence-electron chi connectivity index (χ2n) is 8.58. The highest BCUT2D eigenvalue weighted by molar-refractivity contribution is 9.10. The second-order valence-corrected chi connectivity index (χ2v) is 9.44. The Kier molecular flexibility index (Phi) is 7.43.